The Bertz CT molecular complexity index is 1210. The number of ether oxygens (including phenoxy) is 1. The average Bonchev–Trinajstić information content (AvgIpc) is 3.00. The van der Waals surface area contributed by atoms with Crippen molar-refractivity contribution in [2.45, 2.75) is 64.7 Å². The number of methoxy groups -OCH3 is 1. The van der Waals surface area contributed by atoms with Crippen molar-refractivity contribution in [3.63, 3.8) is 0 Å². The summed E-state index contributed by atoms with van der Waals surface area (Å²) in [4.78, 5) is 24.6. The van der Waals surface area contributed by atoms with Gasteiger partial charge in [-0.2, -0.15) is 0 Å². The fourth-order valence-electron chi connectivity index (χ4n) is 5.81. The number of unbranched alkanes of at least 4 members (excludes halogenated alkanes) is 7. The number of hydrogen-bond donors (Lipinski definition) is 0. The summed E-state index contributed by atoms with van der Waals surface area (Å²) in [6.45, 7) is 1.75. The van der Waals surface area contributed by atoms with Crippen molar-refractivity contribution in [3.05, 3.63) is 114 Å². The van der Waals surface area contributed by atoms with Crippen molar-refractivity contribution in [3.8, 4) is 0 Å². The van der Waals surface area contributed by atoms with Crippen LogP contribution in [0.3, 0.4) is 0 Å². The summed E-state index contributed by atoms with van der Waals surface area (Å²) in [5.41, 5.74) is 1.21. The van der Waals surface area contributed by atoms with Gasteiger partial charge < -0.3 is 4.74 Å². The predicted molar refractivity (Wildman–Crippen MR) is 169 cm³/mol. The molecule has 0 amide bonds. The van der Waals surface area contributed by atoms with Crippen LogP contribution < -0.4 is 15.9 Å². The number of carbonyl (C=O) groups is 2. The highest BCUT2D eigenvalue weighted by Crippen LogP contribution is 2.56. The molecular weight excluding hydrogens is 511 g/mol. The zero-order chi connectivity index (χ0) is 28.2. The van der Waals surface area contributed by atoms with E-state index in [0.717, 1.165) is 19.3 Å². The minimum absolute atomic E-state index is 0.107. The van der Waals surface area contributed by atoms with Crippen LogP contribution in [0, 0.1) is 0 Å². The lowest BCUT2D eigenvalue weighted by molar-refractivity contribution is -0.118. The molecule has 0 saturated heterocycles. The number of carbonyl (C=O) groups excluding carboxylic acids is 2. The van der Waals surface area contributed by atoms with Crippen LogP contribution >= 0.6 is 7.26 Å². The Morgan fingerprint density at radius 1 is 0.600 bits per heavy atom. The molecule has 0 N–H and O–H groups in total. The largest absolute Gasteiger partial charge is 0.493 e. The van der Waals surface area contributed by atoms with Crippen LogP contribution in [0.15, 0.2) is 114 Å². The molecule has 0 fully saturated rings. The van der Waals surface area contributed by atoms with Crippen LogP contribution in [-0.2, 0) is 14.3 Å². The number of rotatable bonds is 15. The van der Waals surface area contributed by atoms with Gasteiger partial charge in [0, 0.05) is 17.2 Å². The first-order chi connectivity index (χ1) is 19.6. The Balaban J connectivity index is 1.27. The molecule has 0 spiro atoms. The summed E-state index contributed by atoms with van der Waals surface area (Å²) in [6, 6.07) is 33.4. The minimum Gasteiger partial charge on any atom is -0.493 e. The van der Waals surface area contributed by atoms with E-state index in [0.29, 0.717) is 17.6 Å². The first-order valence-corrected chi connectivity index (χ1v) is 16.6. The summed E-state index contributed by atoms with van der Waals surface area (Å²) >= 11 is 0. The van der Waals surface area contributed by atoms with Gasteiger partial charge in [-0.25, -0.2) is 0 Å². The van der Waals surface area contributed by atoms with Gasteiger partial charge in [0.05, 0.1) is 13.3 Å². The molecule has 3 aromatic carbocycles. The second-order valence-electron chi connectivity index (χ2n) is 10.6. The maximum Gasteiger partial charge on any atom is 0.224 e. The second-order valence-corrected chi connectivity index (χ2v) is 14.2. The molecule has 1 aliphatic rings. The maximum absolute atomic E-state index is 12.5. The van der Waals surface area contributed by atoms with Crippen LogP contribution in [0.25, 0.3) is 0 Å². The smallest absolute Gasteiger partial charge is 0.224 e. The van der Waals surface area contributed by atoms with Gasteiger partial charge in [0.1, 0.15) is 23.2 Å². The highest BCUT2D eigenvalue weighted by atomic mass is 31.2. The Hall–Kier alpha value is -3.29. The van der Waals surface area contributed by atoms with Gasteiger partial charge >= 0.3 is 0 Å². The Morgan fingerprint density at radius 3 is 1.48 bits per heavy atom. The molecule has 3 aromatic rings. The van der Waals surface area contributed by atoms with E-state index < -0.39 is 7.26 Å². The van der Waals surface area contributed by atoms with Crippen molar-refractivity contribution >= 4 is 34.7 Å². The SMILES string of the molecule is COC1=CC(=O)C(C)=C(CCCCCCCCCC[P+](c2ccccc2)(c2ccccc2)c2ccccc2)C1=O. The van der Waals surface area contributed by atoms with E-state index in [1.807, 2.05) is 0 Å². The molecule has 4 heteroatoms. The summed E-state index contributed by atoms with van der Waals surface area (Å²) in [6.07, 6.45) is 12.5. The molecule has 0 aliphatic heterocycles. The van der Waals surface area contributed by atoms with E-state index in [-0.39, 0.29) is 17.3 Å². The third-order valence-electron chi connectivity index (χ3n) is 8.06. The van der Waals surface area contributed by atoms with Gasteiger partial charge in [-0.05, 0) is 69.0 Å². The third-order valence-corrected chi connectivity index (χ3v) is 12.6. The zero-order valence-electron chi connectivity index (χ0n) is 24.0. The van der Waals surface area contributed by atoms with Crippen molar-refractivity contribution in [1.82, 2.24) is 0 Å². The van der Waals surface area contributed by atoms with Gasteiger partial charge in [0.15, 0.2) is 11.5 Å². The van der Waals surface area contributed by atoms with E-state index in [9.17, 15) is 9.59 Å². The molecule has 208 valence electrons. The average molecular weight is 554 g/mol. The van der Waals surface area contributed by atoms with Crippen molar-refractivity contribution < 1.29 is 14.3 Å². The van der Waals surface area contributed by atoms with E-state index in [2.05, 4.69) is 91.0 Å². The van der Waals surface area contributed by atoms with Crippen LogP contribution in [0.2, 0.25) is 0 Å². The lowest BCUT2D eigenvalue weighted by atomic mass is 9.90. The number of ketones is 2. The number of hydrogen-bond acceptors (Lipinski definition) is 3. The minimum atomic E-state index is -1.73. The van der Waals surface area contributed by atoms with Gasteiger partial charge in [0.25, 0.3) is 0 Å². The molecule has 0 saturated carbocycles. The molecule has 1 aliphatic carbocycles. The standard InChI is InChI=1S/C36H42O3P/c1-29-33(36(38)35(39-2)28-34(29)37)26-18-7-5-3-4-6-8-19-27-40(30-20-12-9-13-21-30,31-22-14-10-15-23-31)32-24-16-11-17-25-32/h9-17,20-25,28H,3-8,18-19,26-27H2,1-2H3/q+1. The lowest BCUT2D eigenvalue weighted by Crippen LogP contribution is -2.33. The van der Waals surface area contributed by atoms with Gasteiger partial charge in [0.2, 0.25) is 5.78 Å². The van der Waals surface area contributed by atoms with E-state index >= 15 is 0 Å². The van der Waals surface area contributed by atoms with Crippen LogP contribution in [0.1, 0.15) is 64.7 Å². The van der Waals surface area contributed by atoms with Crippen molar-refractivity contribution in [1.29, 1.82) is 0 Å². The molecule has 3 nitrogen and oxygen atoms in total. The molecule has 0 radical (unpaired) electrons. The molecule has 4 rings (SSSR count). The molecule has 40 heavy (non-hydrogen) atoms. The number of Topliss-reactive ketones (excluding diaryl/α,β-unsaturated/α-hetero) is 1. The van der Waals surface area contributed by atoms with Gasteiger partial charge in [-0.15, -0.1) is 0 Å². The Kier molecular flexibility index (Phi) is 11.1. The second kappa shape index (κ2) is 14.9. The quantitative estimate of drug-likeness (QED) is 0.111. The monoisotopic (exact) mass is 553 g/mol. The first-order valence-electron chi connectivity index (χ1n) is 14.7. The van der Waals surface area contributed by atoms with Gasteiger partial charge in [-0.3, -0.25) is 9.59 Å². The highest BCUT2D eigenvalue weighted by molar-refractivity contribution is 7.95. The number of allylic oxidation sites excluding steroid dienone is 3. The number of benzene rings is 3. The summed E-state index contributed by atoms with van der Waals surface area (Å²) in [7, 11) is -0.281. The lowest BCUT2D eigenvalue weighted by Gasteiger charge is -2.27. The molecular formula is C36H42O3P+. The van der Waals surface area contributed by atoms with Crippen LogP contribution in [0.4, 0.5) is 0 Å². The molecule has 0 unspecified atom stereocenters. The third kappa shape index (κ3) is 7.07. The van der Waals surface area contributed by atoms with Crippen molar-refractivity contribution in [2.24, 2.45) is 0 Å². The van der Waals surface area contributed by atoms with E-state index in [4.69, 9.17) is 4.74 Å². The Labute approximate surface area is 240 Å². The normalized spacial score (nSPS) is 13.9. The summed E-state index contributed by atoms with van der Waals surface area (Å²) in [5.74, 6) is -0.0615. The van der Waals surface area contributed by atoms with Crippen molar-refractivity contribution in [2.75, 3.05) is 13.3 Å². The maximum atomic E-state index is 12.5. The topological polar surface area (TPSA) is 43.4 Å². The molecule has 0 bridgehead atoms. The zero-order valence-corrected chi connectivity index (χ0v) is 24.9. The van der Waals surface area contributed by atoms with Crippen LogP contribution in [-0.4, -0.2) is 24.8 Å². The fourth-order valence-corrected chi connectivity index (χ4v) is 10.2. The summed E-state index contributed by atoms with van der Waals surface area (Å²) < 4.78 is 5.10. The van der Waals surface area contributed by atoms with E-state index in [1.165, 1.54) is 67.4 Å². The first kappa shape index (κ1) is 29.7. The molecule has 0 atom stereocenters. The molecule has 0 aromatic heterocycles. The highest BCUT2D eigenvalue weighted by Gasteiger charge is 2.44. The van der Waals surface area contributed by atoms with Crippen LogP contribution in [0.5, 0.6) is 0 Å². The Morgan fingerprint density at radius 2 is 1.02 bits per heavy atom. The van der Waals surface area contributed by atoms with E-state index in [1.54, 1.807) is 6.92 Å². The fraction of sp³-hybridized carbons (Fsp3) is 0.333. The summed E-state index contributed by atoms with van der Waals surface area (Å²) in [5, 5.41) is 4.39. The van der Waals surface area contributed by atoms with Gasteiger partial charge in [-0.1, -0.05) is 86.7 Å². The molecule has 0 heterocycles. The predicted octanol–water partition coefficient (Wildman–Crippen LogP) is 7.49.